The van der Waals surface area contributed by atoms with E-state index in [0.717, 1.165) is 0 Å². The van der Waals surface area contributed by atoms with Crippen LogP contribution in [0, 0.1) is 5.82 Å². The first kappa shape index (κ1) is 9.92. The molecule has 0 radical (unpaired) electrons. The van der Waals surface area contributed by atoms with Gasteiger partial charge in [0.1, 0.15) is 0 Å². The number of aliphatic hydroxyl groups excluding tert-OH is 1. The van der Waals surface area contributed by atoms with E-state index in [1.54, 1.807) is 0 Å². The molecule has 0 aliphatic rings. The largest absolute Gasteiger partial charge is 0.392 e. The van der Waals surface area contributed by atoms with E-state index in [4.69, 9.17) is 5.11 Å². The van der Waals surface area contributed by atoms with Gasteiger partial charge in [-0.2, -0.15) is 0 Å². The van der Waals surface area contributed by atoms with Crippen molar-refractivity contribution in [2.24, 2.45) is 0 Å². The quantitative estimate of drug-likeness (QED) is 0.748. The fourth-order valence-electron chi connectivity index (χ4n) is 0.980. The van der Waals surface area contributed by atoms with Gasteiger partial charge in [0.2, 0.25) is 0 Å². The average Bonchev–Trinajstić information content (AvgIpc) is 2.08. The molecule has 0 aliphatic carbocycles. The van der Waals surface area contributed by atoms with Gasteiger partial charge in [-0.3, -0.25) is 0 Å². The Kier molecular flexibility index (Phi) is 3.19. The lowest BCUT2D eigenvalue weighted by molar-refractivity contribution is 0.275. The van der Waals surface area contributed by atoms with Crippen molar-refractivity contribution < 1.29 is 9.50 Å². The number of aromatic nitrogens is 1. The van der Waals surface area contributed by atoms with Crippen LogP contribution in [0.5, 0.6) is 0 Å². The maximum Gasteiger partial charge on any atom is 0.170 e. The highest BCUT2D eigenvalue weighted by molar-refractivity contribution is 5.40. The molecule has 0 atom stereocenters. The molecule has 3 nitrogen and oxygen atoms in total. The maximum atomic E-state index is 13.3. The number of nitrogens with zero attached hydrogens (tertiary/aromatic N) is 1. The summed E-state index contributed by atoms with van der Waals surface area (Å²) < 4.78 is 13.3. The van der Waals surface area contributed by atoms with E-state index >= 15 is 0 Å². The Hall–Kier alpha value is -1.16. The average molecular weight is 184 g/mol. The number of pyridine rings is 1. The number of aliphatic hydroxyl groups is 1. The third kappa shape index (κ3) is 2.39. The van der Waals surface area contributed by atoms with Gasteiger partial charge in [-0.15, -0.1) is 0 Å². The molecule has 1 rings (SSSR count). The number of anilines is 1. The summed E-state index contributed by atoms with van der Waals surface area (Å²) in [5.74, 6) is -0.278. The standard InChI is InChI=1S/C9H13FN2O/c1-6(2)12-9-8(10)7(5-13)3-4-11-9/h3-4,6,13H,5H2,1-2H3,(H,11,12). The van der Waals surface area contributed by atoms with Crippen LogP contribution >= 0.6 is 0 Å². The highest BCUT2D eigenvalue weighted by atomic mass is 19.1. The zero-order chi connectivity index (χ0) is 9.84. The normalized spacial score (nSPS) is 10.5. The number of hydrogen-bond donors (Lipinski definition) is 2. The zero-order valence-electron chi connectivity index (χ0n) is 7.71. The second-order valence-corrected chi connectivity index (χ2v) is 3.09. The van der Waals surface area contributed by atoms with E-state index in [-0.39, 0.29) is 24.0 Å². The smallest absolute Gasteiger partial charge is 0.170 e. The second kappa shape index (κ2) is 4.18. The molecule has 72 valence electrons. The number of hydrogen-bond acceptors (Lipinski definition) is 3. The fourth-order valence-corrected chi connectivity index (χ4v) is 0.980. The lowest BCUT2D eigenvalue weighted by Gasteiger charge is -2.10. The maximum absolute atomic E-state index is 13.3. The van der Waals surface area contributed by atoms with Crippen molar-refractivity contribution in [2.75, 3.05) is 5.32 Å². The van der Waals surface area contributed by atoms with Crippen LogP contribution < -0.4 is 5.32 Å². The van der Waals surface area contributed by atoms with Crippen LogP contribution in [-0.2, 0) is 6.61 Å². The van der Waals surface area contributed by atoms with Crippen molar-refractivity contribution in [3.8, 4) is 0 Å². The van der Waals surface area contributed by atoms with Crippen molar-refractivity contribution in [3.63, 3.8) is 0 Å². The molecule has 1 aromatic heterocycles. The predicted octanol–water partition coefficient (Wildman–Crippen LogP) is 1.53. The minimum Gasteiger partial charge on any atom is -0.392 e. The summed E-state index contributed by atoms with van der Waals surface area (Å²) in [6, 6.07) is 1.58. The van der Waals surface area contributed by atoms with Crippen molar-refractivity contribution in [3.05, 3.63) is 23.6 Å². The van der Waals surface area contributed by atoms with Crippen LogP contribution in [0.2, 0.25) is 0 Å². The van der Waals surface area contributed by atoms with Gasteiger partial charge < -0.3 is 10.4 Å². The molecule has 0 fully saturated rings. The molecule has 1 aromatic rings. The molecule has 0 aromatic carbocycles. The molecule has 4 heteroatoms. The molecular weight excluding hydrogens is 171 g/mol. The Morgan fingerprint density at radius 2 is 2.31 bits per heavy atom. The van der Waals surface area contributed by atoms with Crippen LogP contribution in [0.15, 0.2) is 12.3 Å². The lowest BCUT2D eigenvalue weighted by atomic mass is 10.2. The van der Waals surface area contributed by atoms with Crippen molar-refractivity contribution >= 4 is 5.82 Å². The summed E-state index contributed by atoms with van der Waals surface area (Å²) >= 11 is 0. The first-order chi connectivity index (χ1) is 6.15. The Labute approximate surface area is 76.6 Å². The minimum atomic E-state index is -0.473. The topological polar surface area (TPSA) is 45.2 Å². The van der Waals surface area contributed by atoms with Gasteiger partial charge in [-0.1, -0.05) is 0 Å². The summed E-state index contributed by atoms with van der Waals surface area (Å²) in [6.45, 7) is 3.49. The molecular formula is C9H13FN2O. The van der Waals surface area contributed by atoms with Crippen molar-refractivity contribution in [1.82, 2.24) is 4.98 Å². The Balaban J connectivity index is 2.94. The lowest BCUT2D eigenvalue weighted by Crippen LogP contribution is -2.13. The van der Waals surface area contributed by atoms with Crippen LogP contribution in [0.4, 0.5) is 10.2 Å². The second-order valence-electron chi connectivity index (χ2n) is 3.09. The Bertz CT molecular complexity index is 289. The van der Waals surface area contributed by atoms with Crippen molar-refractivity contribution in [2.45, 2.75) is 26.5 Å². The summed E-state index contributed by atoms with van der Waals surface area (Å²) in [4.78, 5) is 3.83. The fraction of sp³-hybridized carbons (Fsp3) is 0.444. The van der Waals surface area contributed by atoms with E-state index in [1.165, 1.54) is 12.3 Å². The number of halogens is 1. The Morgan fingerprint density at radius 1 is 1.62 bits per heavy atom. The summed E-state index contributed by atoms with van der Waals surface area (Å²) in [7, 11) is 0. The molecule has 0 amide bonds. The molecule has 13 heavy (non-hydrogen) atoms. The van der Waals surface area contributed by atoms with Gasteiger partial charge in [-0.25, -0.2) is 9.37 Å². The molecule has 0 saturated carbocycles. The zero-order valence-corrected chi connectivity index (χ0v) is 7.71. The summed E-state index contributed by atoms with van der Waals surface area (Å²) in [6.07, 6.45) is 1.47. The van der Waals surface area contributed by atoms with E-state index in [0.29, 0.717) is 0 Å². The van der Waals surface area contributed by atoms with Gasteiger partial charge in [0.15, 0.2) is 11.6 Å². The van der Waals surface area contributed by atoms with Gasteiger partial charge in [0.05, 0.1) is 6.61 Å². The van der Waals surface area contributed by atoms with Gasteiger partial charge in [0, 0.05) is 17.8 Å². The summed E-state index contributed by atoms with van der Waals surface area (Å²) in [5.41, 5.74) is 0.262. The van der Waals surface area contributed by atoms with Gasteiger partial charge in [0.25, 0.3) is 0 Å². The van der Waals surface area contributed by atoms with Crippen molar-refractivity contribution in [1.29, 1.82) is 0 Å². The van der Waals surface area contributed by atoms with Crippen LogP contribution in [0.1, 0.15) is 19.4 Å². The Morgan fingerprint density at radius 3 is 2.85 bits per heavy atom. The van der Waals surface area contributed by atoms with E-state index in [9.17, 15) is 4.39 Å². The predicted molar refractivity (Wildman–Crippen MR) is 48.9 cm³/mol. The highest BCUT2D eigenvalue weighted by Gasteiger charge is 2.08. The first-order valence-electron chi connectivity index (χ1n) is 4.16. The SMILES string of the molecule is CC(C)Nc1nccc(CO)c1F. The third-order valence-electron chi connectivity index (χ3n) is 1.56. The molecule has 2 N–H and O–H groups in total. The monoisotopic (exact) mass is 184 g/mol. The van der Waals surface area contributed by atoms with E-state index in [2.05, 4.69) is 10.3 Å². The molecule has 0 spiro atoms. The van der Waals surface area contributed by atoms with Crippen LogP contribution in [0.25, 0.3) is 0 Å². The molecule has 1 heterocycles. The van der Waals surface area contributed by atoms with Gasteiger partial charge in [-0.05, 0) is 19.9 Å². The third-order valence-corrected chi connectivity index (χ3v) is 1.56. The first-order valence-corrected chi connectivity index (χ1v) is 4.16. The highest BCUT2D eigenvalue weighted by Crippen LogP contribution is 2.15. The minimum absolute atomic E-state index is 0.121. The molecule has 0 bridgehead atoms. The summed E-state index contributed by atoms with van der Waals surface area (Å²) in [5, 5.41) is 11.6. The molecule has 0 saturated heterocycles. The molecule has 0 unspecified atom stereocenters. The number of nitrogens with one attached hydrogen (secondary N) is 1. The van der Waals surface area contributed by atoms with Crippen LogP contribution in [-0.4, -0.2) is 16.1 Å². The number of rotatable bonds is 3. The van der Waals surface area contributed by atoms with E-state index in [1.807, 2.05) is 13.8 Å². The molecule has 0 aliphatic heterocycles. The van der Waals surface area contributed by atoms with E-state index < -0.39 is 5.82 Å². The van der Waals surface area contributed by atoms with Gasteiger partial charge >= 0.3 is 0 Å². The van der Waals surface area contributed by atoms with Crippen LogP contribution in [0.3, 0.4) is 0 Å².